The van der Waals surface area contributed by atoms with E-state index in [1.807, 2.05) is 32.9 Å². The van der Waals surface area contributed by atoms with Gasteiger partial charge in [0.1, 0.15) is 5.75 Å². The van der Waals surface area contributed by atoms with E-state index in [1.165, 1.54) is 0 Å². The summed E-state index contributed by atoms with van der Waals surface area (Å²) in [4.78, 5) is 12.3. The molecule has 1 unspecified atom stereocenters. The molecule has 1 aromatic carbocycles. The Morgan fingerprint density at radius 2 is 2.06 bits per heavy atom. The van der Waals surface area contributed by atoms with Crippen molar-refractivity contribution in [2.24, 2.45) is 0 Å². The lowest BCUT2D eigenvalue weighted by Gasteiger charge is -2.17. The molecule has 0 heterocycles. The van der Waals surface area contributed by atoms with Crippen LogP contribution in [-0.2, 0) is 0 Å². The van der Waals surface area contributed by atoms with Gasteiger partial charge in [-0.05, 0) is 44.5 Å². The topological polar surface area (TPSA) is 38.3 Å². The molecule has 3 heteroatoms. The number of rotatable bonds is 5. The molecule has 0 saturated heterocycles. The number of likely N-dealkylation sites (N-methyl/N-ethyl adjacent to an activating group) is 1. The number of aryl methyl sites for hydroxylation is 2. The summed E-state index contributed by atoms with van der Waals surface area (Å²) >= 11 is 0. The number of Topliss-reactive ketones (excluding diaryl/α,β-unsaturated/α-hetero) is 1. The standard InChI is InChI=1S/C14H21NO2/c1-6-12(15-4)13(16)11-8-9(2)7-10(3)14(11)17-5/h7-8,12,15H,6H2,1-5H3. The van der Waals surface area contributed by atoms with E-state index in [1.54, 1.807) is 14.2 Å². The molecule has 0 fully saturated rings. The molecule has 0 saturated carbocycles. The number of ether oxygens (including phenoxy) is 1. The highest BCUT2D eigenvalue weighted by Gasteiger charge is 2.21. The van der Waals surface area contributed by atoms with Gasteiger partial charge in [0.15, 0.2) is 5.78 Å². The summed E-state index contributed by atoms with van der Waals surface area (Å²) < 4.78 is 5.34. The van der Waals surface area contributed by atoms with Crippen molar-refractivity contribution in [2.45, 2.75) is 33.2 Å². The van der Waals surface area contributed by atoms with E-state index in [4.69, 9.17) is 4.74 Å². The fourth-order valence-electron chi connectivity index (χ4n) is 2.12. The first-order valence-electron chi connectivity index (χ1n) is 5.91. The van der Waals surface area contributed by atoms with Crippen molar-refractivity contribution in [1.29, 1.82) is 0 Å². The summed E-state index contributed by atoms with van der Waals surface area (Å²) in [6.07, 6.45) is 0.769. The smallest absolute Gasteiger partial charge is 0.183 e. The van der Waals surface area contributed by atoms with E-state index in [9.17, 15) is 4.79 Å². The Hall–Kier alpha value is -1.35. The molecule has 0 radical (unpaired) electrons. The van der Waals surface area contributed by atoms with Gasteiger partial charge in [-0.15, -0.1) is 0 Å². The maximum atomic E-state index is 12.3. The number of carbonyl (C=O) groups is 1. The van der Waals surface area contributed by atoms with Crippen LogP contribution in [0.25, 0.3) is 0 Å². The SMILES string of the molecule is CCC(NC)C(=O)c1cc(C)cc(C)c1OC. The van der Waals surface area contributed by atoms with Crippen LogP contribution in [0.3, 0.4) is 0 Å². The van der Waals surface area contributed by atoms with Crippen LogP contribution in [0.2, 0.25) is 0 Å². The van der Waals surface area contributed by atoms with Crippen molar-refractivity contribution in [3.05, 3.63) is 28.8 Å². The molecule has 1 rings (SSSR count). The van der Waals surface area contributed by atoms with Crippen molar-refractivity contribution in [3.8, 4) is 5.75 Å². The van der Waals surface area contributed by atoms with E-state index < -0.39 is 0 Å². The fourth-order valence-corrected chi connectivity index (χ4v) is 2.12. The van der Waals surface area contributed by atoms with Crippen molar-refractivity contribution in [3.63, 3.8) is 0 Å². The normalized spacial score (nSPS) is 12.3. The van der Waals surface area contributed by atoms with Gasteiger partial charge < -0.3 is 10.1 Å². The largest absolute Gasteiger partial charge is 0.496 e. The zero-order valence-corrected chi connectivity index (χ0v) is 11.3. The molecule has 17 heavy (non-hydrogen) atoms. The van der Waals surface area contributed by atoms with Gasteiger partial charge in [0.25, 0.3) is 0 Å². The van der Waals surface area contributed by atoms with Gasteiger partial charge in [-0.3, -0.25) is 4.79 Å². The highest BCUT2D eigenvalue weighted by Crippen LogP contribution is 2.26. The van der Waals surface area contributed by atoms with Crippen LogP contribution in [0.4, 0.5) is 0 Å². The molecule has 0 aromatic heterocycles. The number of carbonyl (C=O) groups excluding carboxylic acids is 1. The van der Waals surface area contributed by atoms with Crippen LogP contribution < -0.4 is 10.1 Å². The second kappa shape index (κ2) is 5.82. The van der Waals surface area contributed by atoms with Gasteiger partial charge >= 0.3 is 0 Å². The van der Waals surface area contributed by atoms with Crippen LogP contribution in [0.1, 0.15) is 34.8 Å². The number of hydrogen-bond acceptors (Lipinski definition) is 3. The average molecular weight is 235 g/mol. The van der Waals surface area contributed by atoms with Crippen molar-refractivity contribution < 1.29 is 9.53 Å². The third-order valence-electron chi connectivity index (χ3n) is 2.96. The van der Waals surface area contributed by atoms with Gasteiger partial charge in [0, 0.05) is 0 Å². The molecule has 0 aliphatic carbocycles. The molecular formula is C14H21NO2. The predicted octanol–water partition coefficient (Wildman–Crippen LogP) is 2.49. The van der Waals surface area contributed by atoms with E-state index >= 15 is 0 Å². The van der Waals surface area contributed by atoms with Crippen molar-refractivity contribution >= 4 is 5.78 Å². The van der Waals surface area contributed by atoms with E-state index in [0.717, 1.165) is 17.5 Å². The zero-order valence-electron chi connectivity index (χ0n) is 11.3. The van der Waals surface area contributed by atoms with E-state index in [-0.39, 0.29) is 11.8 Å². The van der Waals surface area contributed by atoms with Gasteiger partial charge in [0.05, 0.1) is 18.7 Å². The minimum absolute atomic E-state index is 0.0960. The number of benzene rings is 1. The lowest BCUT2D eigenvalue weighted by Crippen LogP contribution is -2.33. The Bertz CT molecular complexity index is 409. The molecule has 3 nitrogen and oxygen atoms in total. The first-order valence-corrected chi connectivity index (χ1v) is 5.91. The van der Waals surface area contributed by atoms with Gasteiger partial charge in [-0.1, -0.05) is 13.0 Å². The molecule has 0 spiro atoms. The van der Waals surface area contributed by atoms with Crippen LogP contribution in [-0.4, -0.2) is 26.0 Å². The molecule has 1 aromatic rings. The fraction of sp³-hybridized carbons (Fsp3) is 0.500. The third kappa shape index (κ3) is 2.86. The Morgan fingerprint density at radius 3 is 2.53 bits per heavy atom. The zero-order chi connectivity index (χ0) is 13.0. The molecule has 0 bridgehead atoms. The summed E-state index contributed by atoms with van der Waals surface area (Å²) in [5.74, 6) is 0.785. The van der Waals surface area contributed by atoms with Crippen molar-refractivity contribution in [2.75, 3.05) is 14.2 Å². The minimum atomic E-state index is -0.148. The number of methoxy groups -OCH3 is 1. The molecular weight excluding hydrogens is 214 g/mol. The van der Waals surface area contributed by atoms with E-state index in [2.05, 4.69) is 5.32 Å². The highest BCUT2D eigenvalue weighted by molar-refractivity contribution is 6.02. The molecule has 0 amide bonds. The summed E-state index contributed by atoms with van der Waals surface area (Å²) in [5, 5.41) is 3.04. The highest BCUT2D eigenvalue weighted by atomic mass is 16.5. The summed E-state index contributed by atoms with van der Waals surface area (Å²) in [6, 6.07) is 3.77. The lowest BCUT2D eigenvalue weighted by molar-refractivity contribution is 0.0941. The van der Waals surface area contributed by atoms with Crippen LogP contribution in [0.15, 0.2) is 12.1 Å². The van der Waals surface area contributed by atoms with Gasteiger partial charge in [-0.2, -0.15) is 0 Å². The Labute approximate surface area is 103 Å². The number of hydrogen-bond donors (Lipinski definition) is 1. The summed E-state index contributed by atoms with van der Waals surface area (Å²) in [7, 11) is 3.41. The Kier molecular flexibility index (Phi) is 4.70. The minimum Gasteiger partial charge on any atom is -0.496 e. The first-order chi connectivity index (χ1) is 8.04. The van der Waals surface area contributed by atoms with E-state index in [0.29, 0.717) is 11.3 Å². The molecule has 0 aliphatic heterocycles. The summed E-state index contributed by atoms with van der Waals surface area (Å²) in [6.45, 7) is 5.95. The predicted molar refractivity (Wildman–Crippen MR) is 69.9 cm³/mol. The first kappa shape index (κ1) is 13.7. The maximum absolute atomic E-state index is 12.3. The lowest BCUT2D eigenvalue weighted by atomic mass is 9.97. The monoisotopic (exact) mass is 235 g/mol. The summed E-state index contributed by atoms with van der Waals surface area (Å²) in [5.41, 5.74) is 2.76. The number of nitrogens with one attached hydrogen (secondary N) is 1. The van der Waals surface area contributed by atoms with Crippen LogP contribution >= 0.6 is 0 Å². The number of ketones is 1. The van der Waals surface area contributed by atoms with Gasteiger partial charge in [0.2, 0.25) is 0 Å². The third-order valence-corrected chi connectivity index (χ3v) is 2.96. The second-order valence-corrected chi connectivity index (χ2v) is 4.28. The quantitative estimate of drug-likeness (QED) is 0.797. The van der Waals surface area contributed by atoms with Crippen LogP contribution in [0.5, 0.6) is 5.75 Å². The Balaban J connectivity index is 3.24. The second-order valence-electron chi connectivity index (χ2n) is 4.28. The Morgan fingerprint density at radius 1 is 1.41 bits per heavy atom. The molecule has 1 atom stereocenters. The van der Waals surface area contributed by atoms with Crippen LogP contribution in [0, 0.1) is 13.8 Å². The average Bonchev–Trinajstić information content (AvgIpc) is 2.29. The molecule has 0 aliphatic rings. The molecule has 94 valence electrons. The van der Waals surface area contributed by atoms with Gasteiger partial charge in [-0.25, -0.2) is 0 Å². The molecule has 1 N–H and O–H groups in total. The van der Waals surface area contributed by atoms with Crippen molar-refractivity contribution in [1.82, 2.24) is 5.32 Å². The maximum Gasteiger partial charge on any atom is 0.183 e.